The van der Waals surface area contributed by atoms with Crippen molar-refractivity contribution in [1.82, 2.24) is 10.3 Å². The Hall–Kier alpha value is -3.56. The van der Waals surface area contributed by atoms with Crippen molar-refractivity contribution in [3.63, 3.8) is 0 Å². The second kappa shape index (κ2) is 10.6. The number of carbonyl (C=O) groups excluding carboxylic acids is 2. The minimum Gasteiger partial charge on any atom is -0.478 e. The number of pyridine rings is 1. The molecule has 1 aliphatic heterocycles. The molecule has 3 rings (SSSR count). The highest BCUT2D eigenvalue weighted by atomic mass is 19.2. The number of hydrogen-bond donors (Lipinski definition) is 2. The van der Waals surface area contributed by atoms with Gasteiger partial charge in [-0.05, 0) is 49.4 Å². The highest BCUT2D eigenvalue weighted by Gasteiger charge is 2.46. The van der Waals surface area contributed by atoms with Crippen LogP contribution in [-0.4, -0.2) is 53.7 Å². The van der Waals surface area contributed by atoms with Gasteiger partial charge in [-0.25, -0.2) is 18.4 Å². The Bertz CT molecular complexity index is 1190. The molecule has 0 radical (unpaired) electrons. The lowest BCUT2D eigenvalue weighted by atomic mass is 9.76. The first-order valence-corrected chi connectivity index (χ1v) is 11.8. The van der Waals surface area contributed by atoms with E-state index in [1.165, 1.54) is 19.4 Å². The third kappa shape index (κ3) is 5.17. The summed E-state index contributed by atoms with van der Waals surface area (Å²) in [5.74, 6) is -3.81. The van der Waals surface area contributed by atoms with E-state index in [1.54, 1.807) is 18.7 Å². The van der Waals surface area contributed by atoms with E-state index in [0.29, 0.717) is 19.4 Å². The number of benzene rings is 1. The number of carbonyl (C=O) groups is 3. The van der Waals surface area contributed by atoms with Gasteiger partial charge in [0.15, 0.2) is 17.4 Å². The number of ether oxygens (including phenoxy) is 1. The van der Waals surface area contributed by atoms with Crippen LogP contribution in [0.1, 0.15) is 49.5 Å². The molecule has 1 aromatic heterocycles. The molecular formula is C26H31F2N3O5. The molecule has 2 aromatic rings. The van der Waals surface area contributed by atoms with Crippen LogP contribution in [0.5, 0.6) is 0 Å². The summed E-state index contributed by atoms with van der Waals surface area (Å²) in [4.78, 5) is 44.3. The maximum atomic E-state index is 13.8. The summed E-state index contributed by atoms with van der Waals surface area (Å²) in [6, 6.07) is 3.25. The SMILES string of the molecule is COC(=O)NC1(C(=O)C(C)C(C)C)CCCN(c2cnc(-c3ccc(F)c(F)c3)c(C)c2C(=O)O)C1. The molecule has 0 aliphatic carbocycles. The fraction of sp³-hybridized carbons (Fsp3) is 0.462. The number of rotatable bonds is 7. The van der Waals surface area contributed by atoms with E-state index in [1.807, 2.05) is 13.8 Å². The standard InChI is InChI=1S/C26H31F2N3O5/c1-14(2)15(3)23(32)26(30-25(35)36-5)9-6-10-31(13-26)20-12-29-22(16(4)21(20)24(33)34)17-7-8-18(27)19(28)11-17/h7-8,11-12,14-15H,6,9-10,13H2,1-5H3,(H,30,35)(H,33,34). The van der Waals surface area contributed by atoms with Crippen LogP contribution >= 0.6 is 0 Å². The van der Waals surface area contributed by atoms with Crippen molar-refractivity contribution < 1.29 is 33.0 Å². The second-order valence-electron chi connectivity index (χ2n) is 9.55. The van der Waals surface area contributed by atoms with Gasteiger partial charge >= 0.3 is 12.1 Å². The predicted molar refractivity (Wildman–Crippen MR) is 130 cm³/mol. The third-order valence-electron chi connectivity index (χ3n) is 6.95. The summed E-state index contributed by atoms with van der Waals surface area (Å²) < 4.78 is 32.1. The van der Waals surface area contributed by atoms with Crippen molar-refractivity contribution >= 4 is 23.5 Å². The zero-order chi connectivity index (χ0) is 26.8. The molecule has 36 heavy (non-hydrogen) atoms. The Morgan fingerprint density at radius 2 is 1.89 bits per heavy atom. The summed E-state index contributed by atoms with van der Waals surface area (Å²) in [6.07, 6.45) is 1.49. The predicted octanol–water partition coefficient (Wildman–Crippen LogP) is 4.59. The van der Waals surface area contributed by atoms with E-state index in [0.717, 1.165) is 12.1 Å². The molecule has 2 heterocycles. The van der Waals surface area contributed by atoms with Crippen LogP contribution in [0.4, 0.5) is 19.3 Å². The lowest BCUT2D eigenvalue weighted by molar-refractivity contribution is -0.130. The minimum atomic E-state index is -1.28. The molecule has 2 unspecified atom stereocenters. The van der Waals surface area contributed by atoms with Gasteiger partial charge in [-0.2, -0.15) is 0 Å². The van der Waals surface area contributed by atoms with Crippen molar-refractivity contribution in [3.8, 4) is 11.3 Å². The van der Waals surface area contributed by atoms with Gasteiger partial charge in [0.25, 0.3) is 0 Å². The number of ketones is 1. The molecule has 10 heteroatoms. The fourth-order valence-electron chi connectivity index (χ4n) is 4.65. The molecule has 0 saturated carbocycles. The summed E-state index contributed by atoms with van der Waals surface area (Å²) >= 11 is 0. The van der Waals surface area contributed by atoms with Crippen LogP contribution in [0.3, 0.4) is 0 Å². The number of carboxylic acid groups (broad SMARTS) is 1. The Kier molecular flexibility index (Phi) is 7.96. The van der Waals surface area contributed by atoms with Gasteiger partial charge in [0.2, 0.25) is 0 Å². The van der Waals surface area contributed by atoms with Gasteiger partial charge in [-0.3, -0.25) is 9.78 Å². The Morgan fingerprint density at radius 3 is 2.47 bits per heavy atom. The number of aromatic carboxylic acids is 1. The first-order chi connectivity index (χ1) is 16.9. The molecule has 8 nitrogen and oxygen atoms in total. The average molecular weight is 504 g/mol. The molecule has 1 amide bonds. The van der Waals surface area contributed by atoms with E-state index in [2.05, 4.69) is 10.3 Å². The number of methoxy groups -OCH3 is 1. The van der Waals surface area contributed by atoms with Crippen molar-refractivity contribution in [2.45, 2.75) is 46.1 Å². The van der Waals surface area contributed by atoms with Crippen molar-refractivity contribution in [2.75, 3.05) is 25.1 Å². The zero-order valence-corrected chi connectivity index (χ0v) is 21.0. The number of hydrogen-bond acceptors (Lipinski definition) is 6. The van der Waals surface area contributed by atoms with Crippen molar-refractivity contribution in [3.05, 3.63) is 47.2 Å². The maximum absolute atomic E-state index is 13.8. The third-order valence-corrected chi connectivity index (χ3v) is 6.95. The quantitative estimate of drug-likeness (QED) is 0.569. The highest BCUT2D eigenvalue weighted by molar-refractivity contribution is 5.99. The average Bonchev–Trinajstić information content (AvgIpc) is 2.84. The van der Waals surface area contributed by atoms with Gasteiger partial charge in [-0.1, -0.05) is 20.8 Å². The Labute approximate surface area is 208 Å². The van der Waals surface area contributed by atoms with Gasteiger partial charge in [0, 0.05) is 24.6 Å². The van der Waals surface area contributed by atoms with Crippen LogP contribution in [0.25, 0.3) is 11.3 Å². The molecular weight excluding hydrogens is 472 g/mol. The van der Waals surface area contributed by atoms with E-state index in [9.17, 15) is 28.3 Å². The molecule has 2 atom stereocenters. The normalized spacial score (nSPS) is 18.6. The minimum absolute atomic E-state index is 0.0260. The van der Waals surface area contributed by atoms with Crippen LogP contribution in [0.2, 0.25) is 0 Å². The molecule has 1 aromatic carbocycles. The monoisotopic (exact) mass is 503 g/mol. The Morgan fingerprint density at radius 1 is 1.19 bits per heavy atom. The lowest BCUT2D eigenvalue weighted by Crippen LogP contribution is -2.65. The second-order valence-corrected chi connectivity index (χ2v) is 9.55. The van der Waals surface area contributed by atoms with Gasteiger partial charge in [0.05, 0.1) is 30.3 Å². The number of aromatic nitrogens is 1. The number of Topliss-reactive ketones (excluding diaryl/α,β-unsaturated/α-hetero) is 1. The molecule has 1 aliphatic rings. The number of anilines is 1. The zero-order valence-electron chi connectivity index (χ0n) is 21.0. The van der Waals surface area contributed by atoms with E-state index >= 15 is 0 Å². The molecule has 2 N–H and O–H groups in total. The van der Waals surface area contributed by atoms with Crippen molar-refractivity contribution in [2.24, 2.45) is 11.8 Å². The molecule has 194 valence electrons. The fourth-order valence-corrected chi connectivity index (χ4v) is 4.65. The van der Waals surface area contributed by atoms with Gasteiger partial charge in [0.1, 0.15) is 5.54 Å². The number of halogens is 2. The van der Waals surface area contributed by atoms with Crippen LogP contribution in [0, 0.1) is 30.4 Å². The first kappa shape index (κ1) is 27.0. The van der Waals surface area contributed by atoms with Crippen LogP contribution in [-0.2, 0) is 9.53 Å². The summed E-state index contributed by atoms with van der Waals surface area (Å²) in [5, 5.41) is 12.8. The van der Waals surface area contributed by atoms with Crippen LogP contribution in [0.15, 0.2) is 24.4 Å². The number of carboxylic acids is 1. The van der Waals surface area contributed by atoms with E-state index in [4.69, 9.17) is 4.74 Å². The number of amides is 1. The molecule has 1 saturated heterocycles. The van der Waals surface area contributed by atoms with E-state index in [-0.39, 0.29) is 52.2 Å². The van der Waals surface area contributed by atoms with Crippen molar-refractivity contribution in [1.29, 1.82) is 0 Å². The topological polar surface area (TPSA) is 109 Å². The van der Waals surface area contributed by atoms with E-state index < -0.39 is 29.2 Å². The number of nitrogens with one attached hydrogen (secondary N) is 1. The van der Waals surface area contributed by atoms with Gasteiger partial charge in [-0.15, -0.1) is 0 Å². The smallest absolute Gasteiger partial charge is 0.407 e. The largest absolute Gasteiger partial charge is 0.478 e. The summed E-state index contributed by atoms with van der Waals surface area (Å²) in [5.41, 5.74) is -0.366. The first-order valence-electron chi connectivity index (χ1n) is 11.8. The number of nitrogens with zero attached hydrogens (tertiary/aromatic N) is 2. The lowest BCUT2D eigenvalue weighted by Gasteiger charge is -2.44. The Balaban J connectivity index is 2.08. The number of alkyl carbamates (subject to hydrolysis) is 1. The summed E-state index contributed by atoms with van der Waals surface area (Å²) in [6.45, 7) is 7.65. The summed E-state index contributed by atoms with van der Waals surface area (Å²) in [7, 11) is 1.22. The maximum Gasteiger partial charge on any atom is 0.407 e. The number of piperidine rings is 1. The highest BCUT2D eigenvalue weighted by Crippen LogP contribution is 2.35. The molecule has 0 spiro atoms. The van der Waals surface area contributed by atoms with Gasteiger partial charge < -0.3 is 20.1 Å². The molecule has 0 bridgehead atoms. The molecule has 1 fully saturated rings. The van der Waals surface area contributed by atoms with Crippen LogP contribution < -0.4 is 10.2 Å².